The predicted molar refractivity (Wildman–Crippen MR) is 78.5 cm³/mol. The second kappa shape index (κ2) is 6.11. The number of nitrogens with zero attached hydrogens (tertiary/aromatic N) is 1. The van der Waals surface area contributed by atoms with Gasteiger partial charge in [-0.3, -0.25) is 4.98 Å². The molecule has 1 aromatic heterocycles. The summed E-state index contributed by atoms with van der Waals surface area (Å²) in [7, 11) is 0. The first-order valence-electron chi connectivity index (χ1n) is 7.16. The quantitative estimate of drug-likeness (QED) is 0.792. The van der Waals surface area contributed by atoms with Crippen LogP contribution in [-0.2, 0) is 0 Å². The van der Waals surface area contributed by atoms with Crippen LogP contribution in [-0.4, -0.2) is 22.2 Å². The van der Waals surface area contributed by atoms with Gasteiger partial charge in [-0.2, -0.15) is 0 Å². The van der Waals surface area contributed by atoms with Crippen molar-refractivity contribution in [3.63, 3.8) is 0 Å². The molecule has 0 aromatic carbocycles. The van der Waals surface area contributed by atoms with E-state index in [2.05, 4.69) is 24.1 Å². The van der Waals surface area contributed by atoms with Gasteiger partial charge in [-0.15, -0.1) is 0 Å². The number of amides is 1. The van der Waals surface area contributed by atoms with E-state index in [1.807, 2.05) is 6.07 Å². The molecular formula is C15H23N3O2. The number of nitrogens with one attached hydrogen (secondary N) is 1. The van der Waals surface area contributed by atoms with E-state index >= 15 is 0 Å². The summed E-state index contributed by atoms with van der Waals surface area (Å²) in [6, 6.07) is 1.96. The normalized spacial score (nSPS) is 26.4. The van der Waals surface area contributed by atoms with Crippen LogP contribution in [0.2, 0.25) is 0 Å². The molecule has 4 N–H and O–H groups in total. The molecule has 1 heterocycles. The Hall–Kier alpha value is -1.78. The summed E-state index contributed by atoms with van der Waals surface area (Å²) in [4.78, 5) is 14.9. The number of hydrogen-bond acceptors (Lipinski definition) is 3. The summed E-state index contributed by atoms with van der Waals surface area (Å²) < 4.78 is 0. The summed E-state index contributed by atoms with van der Waals surface area (Å²) in [5.74, 6) is 1.35. The molecule has 1 fully saturated rings. The van der Waals surface area contributed by atoms with Gasteiger partial charge in [0.1, 0.15) is 0 Å². The molecule has 110 valence electrons. The van der Waals surface area contributed by atoms with E-state index in [1.54, 1.807) is 12.4 Å². The number of pyridine rings is 1. The molecule has 0 spiro atoms. The van der Waals surface area contributed by atoms with Gasteiger partial charge in [0.25, 0.3) is 0 Å². The first kappa shape index (κ1) is 14.6. The highest BCUT2D eigenvalue weighted by Crippen LogP contribution is 2.40. The highest BCUT2D eigenvalue weighted by Gasteiger charge is 2.32. The van der Waals surface area contributed by atoms with Crippen LogP contribution in [0, 0.1) is 11.8 Å². The van der Waals surface area contributed by atoms with Gasteiger partial charge in [0.05, 0.1) is 11.9 Å². The van der Waals surface area contributed by atoms with Crippen molar-refractivity contribution < 1.29 is 9.90 Å². The number of carboxylic acid groups (broad SMARTS) is 1. The zero-order valence-corrected chi connectivity index (χ0v) is 12.0. The van der Waals surface area contributed by atoms with Crippen LogP contribution < -0.4 is 11.1 Å². The summed E-state index contributed by atoms with van der Waals surface area (Å²) in [6.07, 6.45) is 5.26. The van der Waals surface area contributed by atoms with Gasteiger partial charge >= 0.3 is 6.09 Å². The number of nitrogens with two attached hydrogens (primary N) is 1. The van der Waals surface area contributed by atoms with Crippen LogP contribution in [0.15, 0.2) is 18.5 Å². The fourth-order valence-electron chi connectivity index (χ4n) is 3.24. The van der Waals surface area contributed by atoms with Crippen molar-refractivity contribution in [1.82, 2.24) is 10.3 Å². The molecule has 1 aliphatic carbocycles. The lowest BCUT2D eigenvalue weighted by Crippen LogP contribution is -2.40. The standard InChI is InChI=1S/C15H23N3O2/c1-9(2)10-5-11(7-12(6-10)18-15(19)20)13-3-4-17-8-14(13)16/h3-4,8-12,18H,5-7,16H2,1-2H3,(H,19,20). The molecule has 3 unspecified atom stereocenters. The van der Waals surface area contributed by atoms with E-state index in [0.717, 1.165) is 24.8 Å². The van der Waals surface area contributed by atoms with Crippen molar-refractivity contribution in [2.75, 3.05) is 5.73 Å². The van der Waals surface area contributed by atoms with Crippen LogP contribution in [0.25, 0.3) is 0 Å². The number of anilines is 1. The van der Waals surface area contributed by atoms with Crippen molar-refractivity contribution in [3.05, 3.63) is 24.0 Å². The fourth-order valence-corrected chi connectivity index (χ4v) is 3.24. The average Bonchev–Trinajstić information content (AvgIpc) is 2.38. The van der Waals surface area contributed by atoms with Gasteiger partial charge in [0.15, 0.2) is 0 Å². The minimum Gasteiger partial charge on any atom is -0.465 e. The molecule has 5 nitrogen and oxygen atoms in total. The summed E-state index contributed by atoms with van der Waals surface area (Å²) in [5, 5.41) is 11.6. The van der Waals surface area contributed by atoms with E-state index in [9.17, 15) is 4.79 Å². The SMILES string of the molecule is CC(C)C1CC(NC(=O)O)CC(c2ccncc2N)C1. The molecule has 0 radical (unpaired) electrons. The number of hydrogen-bond donors (Lipinski definition) is 3. The second-order valence-corrected chi connectivity index (χ2v) is 6.06. The molecular weight excluding hydrogens is 254 g/mol. The summed E-state index contributed by atoms with van der Waals surface area (Å²) >= 11 is 0. The molecule has 3 atom stereocenters. The van der Waals surface area contributed by atoms with E-state index in [4.69, 9.17) is 10.8 Å². The number of aromatic nitrogens is 1. The molecule has 0 aliphatic heterocycles. The van der Waals surface area contributed by atoms with Gasteiger partial charge in [-0.25, -0.2) is 4.79 Å². The number of rotatable bonds is 3. The van der Waals surface area contributed by atoms with Gasteiger partial charge < -0.3 is 16.2 Å². The maximum atomic E-state index is 10.9. The third-order valence-electron chi connectivity index (χ3n) is 4.34. The molecule has 5 heteroatoms. The Morgan fingerprint density at radius 3 is 2.80 bits per heavy atom. The smallest absolute Gasteiger partial charge is 0.404 e. The number of carbonyl (C=O) groups is 1. The van der Waals surface area contributed by atoms with Gasteiger partial charge in [0.2, 0.25) is 0 Å². The Labute approximate surface area is 119 Å². The summed E-state index contributed by atoms with van der Waals surface area (Å²) in [6.45, 7) is 4.39. The number of nitrogen functional groups attached to an aromatic ring is 1. The largest absolute Gasteiger partial charge is 0.465 e. The van der Waals surface area contributed by atoms with Crippen molar-refractivity contribution in [3.8, 4) is 0 Å². The molecule has 1 amide bonds. The Morgan fingerprint density at radius 1 is 1.45 bits per heavy atom. The van der Waals surface area contributed by atoms with Crippen molar-refractivity contribution in [1.29, 1.82) is 0 Å². The van der Waals surface area contributed by atoms with Crippen LogP contribution in [0.4, 0.5) is 10.5 Å². The van der Waals surface area contributed by atoms with Crippen LogP contribution in [0.5, 0.6) is 0 Å². The third-order valence-corrected chi connectivity index (χ3v) is 4.34. The monoisotopic (exact) mass is 277 g/mol. The van der Waals surface area contributed by atoms with Gasteiger partial charge in [-0.05, 0) is 48.6 Å². The minimum atomic E-state index is -0.944. The first-order valence-corrected chi connectivity index (χ1v) is 7.16. The fraction of sp³-hybridized carbons (Fsp3) is 0.600. The molecule has 20 heavy (non-hydrogen) atoms. The topological polar surface area (TPSA) is 88.2 Å². The molecule has 0 bridgehead atoms. The van der Waals surface area contributed by atoms with E-state index in [0.29, 0.717) is 23.4 Å². The van der Waals surface area contributed by atoms with Crippen LogP contribution >= 0.6 is 0 Å². The van der Waals surface area contributed by atoms with Gasteiger partial charge in [-0.1, -0.05) is 13.8 Å². The molecule has 0 saturated heterocycles. The van der Waals surface area contributed by atoms with Gasteiger partial charge in [0, 0.05) is 12.2 Å². The Kier molecular flexibility index (Phi) is 4.47. The highest BCUT2D eigenvalue weighted by molar-refractivity contribution is 5.64. The zero-order valence-electron chi connectivity index (χ0n) is 12.0. The third kappa shape index (κ3) is 3.40. The Morgan fingerprint density at radius 2 is 2.20 bits per heavy atom. The Bertz CT molecular complexity index is 476. The first-order chi connectivity index (χ1) is 9.47. The maximum Gasteiger partial charge on any atom is 0.404 e. The highest BCUT2D eigenvalue weighted by atomic mass is 16.4. The maximum absolute atomic E-state index is 10.9. The molecule has 1 aliphatic rings. The minimum absolute atomic E-state index is 0.00575. The molecule has 1 aromatic rings. The molecule has 2 rings (SSSR count). The van der Waals surface area contributed by atoms with Crippen molar-refractivity contribution >= 4 is 11.8 Å². The van der Waals surface area contributed by atoms with Crippen molar-refractivity contribution in [2.24, 2.45) is 11.8 Å². The summed E-state index contributed by atoms with van der Waals surface area (Å²) in [5.41, 5.74) is 7.82. The van der Waals surface area contributed by atoms with E-state index in [1.165, 1.54) is 0 Å². The lowest BCUT2D eigenvalue weighted by atomic mass is 9.71. The van der Waals surface area contributed by atoms with Crippen molar-refractivity contribution in [2.45, 2.75) is 45.1 Å². The van der Waals surface area contributed by atoms with E-state index < -0.39 is 6.09 Å². The predicted octanol–water partition coefficient (Wildman–Crippen LogP) is 2.84. The second-order valence-electron chi connectivity index (χ2n) is 6.06. The lowest BCUT2D eigenvalue weighted by molar-refractivity contribution is 0.169. The van der Waals surface area contributed by atoms with Crippen LogP contribution in [0.3, 0.4) is 0 Å². The molecule has 1 saturated carbocycles. The van der Waals surface area contributed by atoms with E-state index in [-0.39, 0.29) is 6.04 Å². The average molecular weight is 277 g/mol. The lowest BCUT2D eigenvalue weighted by Gasteiger charge is -2.37. The zero-order chi connectivity index (χ0) is 14.7. The van der Waals surface area contributed by atoms with Crippen LogP contribution in [0.1, 0.15) is 44.6 Å². The Balaban J connectivity index is 2.19.